The van der Waals surface area contributed by atoms with Crippen LogP contribution in [0.4, 0.5) is 5.69 Å². The van der Waals surface area contributed by atoms with Gasteiger partial charge in [-0.15, -0.1) is 0 Å². The van der Waals surface area contributed by atoms with Gasteiger partial charge in [-0.1, -0.05) is 5.16 Å². The summed E-state index contributed by atoms with van der Waals surface area (Å²) in [4.78, 5) is 8.28. The highest BCUT2D eigenvalue weighted by Gasteiger charge is 2.08. The Balaban J connectivity index is 2.02. The minimum absolute atomic E-state index is 0.384. The third-order valence-corrected chi connectivity index (χ3v) is 2.93. The van der Waals surface area contributed by atoms with Gasteiger partial charge in [0.05, 0.1) is 20.3 Å². The molecule has 2 N–H and O–H groups in total. The third-order valence-electron chi connectivity index (χ3n) is 2.93. The summed E-state index contributed by atoms with van der Waals surface area (Å²) in [6.07, 6.45) is 0. The van der Waals surface area contributed by atoms with E-state index in [1.54, 1.807) is 21.1 Å². The van der Waals surface area contributed by atoms with Crippen molar-refractivity contribution in [1.82, 2.24) is 15.5 Å². The van der Waals surface area contributed by atoms with Crippen molar-refractivity contribution in [2.75, 3.05) is 26.1 Å². The van der Waals surface area contributed by atoms with Crippen molar-refractivity contribution in [3.05, 3.63) is 29.9 Å². The number of ether oxygens (including phenoxy) is 2. The Kier molecular flexibility index (Phi) is 5.79. The molecule has 0 spiro atoms. The number of nitrogens with zero attached hydrogens (tertiary/aromatic N) is 3. The van der Waals surface area contributed by atoms with Crippen LogP contribution in [-0.2, 0) is 6.54 Å². The molecule has 0 aliphatic heterocycles. The minimum Gasteiger partial charge on any atom is -0.493 e. The summed E-state index contributed by atoms with van der Waals surface area (Å²) in [5.74, 6) is 3.02. The van der Waals surface area contributed by atoms with Crippen LogP contribution in [0.1, 0.15) is 18.6 Å². The van der Waals surface area contributed by atoms with Crippen LogP contribution in [0.15, 0.2) is 27.7 Å². The Labute approximate surface area is 134 Å². The average molecular weight is 319 g/mol. The van der Waals surface area contributed by atoms with Crippen molar-refractivity contribution in [3.63, 3.8) is 0 Å². The summed E-state index contributed by atoms with van der Waals surface area (Å²) >= 11 is 0. The fraction of sp³-hybridized carbons (Fsp3) is 0.400. The van der Waals surface area contributed by atoms with E-state index in [9.17, 15) is 0 Å². The summed E-state index contributed by atoms with van der Waals surface area (Å²) in [6, 6.07) is 5.57. The van der Waals surface area contributed by atoms with Crippen LogP contribution >= 0.6 is 0 Å². The molecule has 0 saturated carbocycles. The molecule has 8 heteroatoms. The molecule has 0 radical (unpaired) electrons. The number of benzene rings is 1. The number of aromatic nitrogens is 2. The fourth-order valence-corrected chi connectivity index (χ4v) is 1.91. The fourth-order valence-electron chi connectivity index (χ4n) is 1.91. The van der Waals surface area contributed by atoms with E-state index in [1.807, 2.05) is 25.1 Å². The van der Waals surface area contributed by atoms with Crippen molar-refractivity contribution in [2.24, 2.45) is 4.99 Å². The number of hydrogen-bond donors (Lipinski definition) is 2. The zero-order valence-corrected chi connectivity index (χ0v) is 13.7. The molecule has 0 aliphatic carbocycles. The molecule has 1 heterocycles. The Hall–Kier alpha value is -2.77. The molecule has 2 aromatic rings. The van der Waals surface area contributed by atoms with E-state index in [2.05, 4.69) is 25.8 Å². The van der Waals surface area contributed by atoms with E-state index < -0.39 is 0 Å². The SMILES string of the molecule is CCOc1cc(NC(=NC)NCc2nc(C)no2)ccc1OC. The lowest BCUT2D eigenvalue weighted by molar-refractivity contribution is 0.311. The number of aliphatic imine (C=N–C) groups is 1. The number of anilines is 1. The van der Waals surface area contributed by atoms with E-state index in [1.165, 1.54) is 0 Å². The summed E-state index contributed by atoms with van der Waals surface area (Å²) < 4.78 is 15.9. The maximum atomic E-state index is 5.56. The van der Waals surface area contributed by atoms with Crippen molar-refractivity contribution in [3.8, 4) is 11.5 Å². The Morgan fingerprint density at radius 2 is 2.17 bits per heavy atom. The number of guanidine groups is 1. The Morgan fingerprint density at radius 1 is 1.35 bits per heavy atom. The smallest absolute Gasteiger partial charge is 0.246 e. The lowest BCUT2D eigenvalue weighted by Crippen LogP contribution is -2.30. The predicted molar refractivity (Wildman–Crippen MR) is 87.0 cm³/mol. The number of rotatable bonds is 6. The molecular formula is C15H21N5O3. The summed E-state index contributed by atoms with van der Waals surface area (Å²) in [5.41, 5.74) is 0.823. The molecule has 0 bridgehead atoms. The van der Waals surface area contributed by atoms with Gasteiger partial charge >= 0.3 is 0 Å². The standard InChI is InChI=1S/C15H21N5O3/c1-5-22-13-8-11(6-7-12(13)21-4)19-15(16-3)17-9-14-18-10(2)20-23-14/h6-8H,5,9H2,1-4H3,(H2,16,17,19). The lowest BCUT2D eigenvalue weighted by Gasteiger charge is -2.14. The Morgan fingerprint density at radius 3 is 2.78 bits per heavy atom. The summed E-state index contributed by atoms with van der Waals surface area (Å²) in [6.45, 7) is 4.64. The monoisotopic (exact) mass is 319 g/mol. The molecular weight excluding hydrogens is 298 g/mol. The molecule has 2 rings (SSSR count). The van der Waals surface area contributed by atoms with E-state index in [-0.39, 0.29) is 0 Å². The number of aryl methyl sites for hydroxylation is 1. The first kappa shape index (κ1) is 16.6. The molecule has 0 fully saturated rings. The van der Waals surface area contributed by atoms with Crippen LogP contribution < -0.4 is 20.1 Å². The largest absolute Gasteiger partial charge is 0.493 e. The first-order valence-corrected chi connectivity index (χ1v) is 7.24. The van der Waals surface area contributed by atoms with Crippen LogP contribution in [0.2, 0.25) is 0 Å². The van der Waals surface area contributed by atoms with Crippen molar-refractivity contribution in [2.45, 2.75) is 20.4 Å². The Bertz CT molecular complexity index is 669. The van der Waals surface area contributed by atoms with Crippen molar-refractivity contribution < 1.29 is 14.0 Å². The molecule has 0 atom stereocenters. The highest BCUT2D eigenvalue weighted by molar-refractivity contribution is 5.93. The van der Waals surface area contributed by atoms with Gasteiger partial charge in [0.15, 0.2) is 23.3 Å². The van der Waals surface area contributed by atoms with Crippen LogP contribution in [0, 0.1) is 6.92 Å². The van der Waals surface area contributed by atoms with Gasteiger partial charge in [-0.3, -0.25) is 4.99 Å². The van der Waals surface area contributed by atoms with Gasteiger partial charge in [-0.05, 0) is 26.0 Å². The molecule has 23 heavy (non-hydrogen) atoms. The quantitative estimate of drug-likeness (QED) is 0.621. The number of methoxy groups -OCH3 is 1. The van der Waals surface area contributed by atoms with E-state index in [0.717, 1.165) is 5.69 Å². The second-order valence-corrected chi connectivity index (χ2v) is 4.58. The molecule has 1 aromatic carbocycles. The first-order valence-electron chi connectivity index (χ1n) is 7.24. The second-order valence-electron chi connectivity index (χ2n) is 4.58. The molecule has 8 nitrogen and oxygen atoms in total. The van der Waals surface area contributed by atoms with E-state index in [0.29, 0.717) is 42.3 Å². The highest BCUT2D eigenvalue weighted by atomic mass is 16.5. The maximum Gasteiger partial charge on any atom is 0.246 e. The molecule has 124 valence electrons. The number of nitrogens with one attached hydrogen (secondary N) is 2. The van der Waals surface area contributed by atoms with Gasteiger partial charge in [-0.2, -0.15) is 4.98 Å². The van der Waals surface area contributed by atoms with Gasteiger partial charge in [0.25, 0.3) is 0 Å². The second kappa shape index (κ2) is 8.02. The predicted octanol–water partition coefficient (Wildman–Crippen LogP) is 1.97. The molecule has 0 aliphatic rings. The zero-order chi connectivity index (χ0) is 16.7. The van der Waals surface area contributed by atoms with Gasteiger partial charge in [0, 0.05) is 18.8 Å². The van der Waals surface area contributed by atoms with Gasteiger partial charge in [-0.25, -0.2) is 0 Å². The van der Waals surface area contributed by atoms with Crippen molar-refractivity contribution >= 4 is 11.6 Å². The first-order chi connectivity index (χ1) is 11.2. The molecule has 1 aromatic heterocycles. The zero-order valence-electron chi connectivity index (χ0n) is 13.7. The van der Waals surface area contributed by atoms with Crippen LogP contribution in [-0.4, -0.2) is 36.9 Å². The lowest BCUT2D eigenvalue weighted by atomic mass is 10.2. The number of hydrogen-bond acceptors (Lipinski definition) is 6. The normalized spacial score (nSPS) is 11.2. The minimum atomic E-state index is 0.384. The van der Waals surface area contributed by atoms with Crippen molar-refractivity contribution in [1.29, 1.82) is 0 Å². The summed E-state index contributed by atoms with van der Waals surface area (Å²) in [5, 5.41) is 10.0. The highest BCUT2D eigenvalue weighted by Crippen LogP contribution is 2.30. The molecule has 0 saturated heterocycles. The topological polar surface area (TPSA) is 93.8 Å². The maximum absolute atomic E-state index is 5.56. The third kappa shape index (κ3) is 4.60. The van der Waals surface area contributed by atoms with Crippen LogP contribution in [0.5, 0.6) is 11.5 Å². The van der Waals surface area contributed by atoms with Gasteiger partial charge < -0.3 is 24.6 Å². The molecule has 0 unspecified atom stereocenters. The average Bonchev–Trinajstić information content (AvgIpc) is 2.97. The van der Waals surface area contributed by atoms with Gasteiger partial charge in [0.2, 0.25) is 5.89 Å². The van der Waals surface area contributed by atoms with E-state index >= 15 is 0 Å². The molecule has 0 amide bonds. The van der Waals surface area contributed by atoms with Crippen LogP contribution in [0.25, 0.3) is 0 Å². The van der Waals surface area contributed by atoms with E-state index in [4.69, 9.17) is 14.0 Å². The summed E-state index contributed by atoms with van der Waals surface area (Å²) in [7, 11) is 3.29. The van der Waals surface area contributed by atoms with Gasteiger partial charge in [0.1, 0.15) is 0 Å². The van der Waals surface area contributed by atoms with Crippen LogP contribution in [0.3, 0.4) is 0 Å².